The number of nitrogens with one attached hydrogen (secondary N) is 1. The third kappa shape index (κ3) is 3.48. The lowest BCUT2D eigenvalue weighted by molar-refractivity contribution is -0.146. The number of nitrogens with zero attached hydrogens (tertiary/aromatic N) is 1. The number of anilines is 1. The molecular weight excluding hydrogens is 304 g/mol. The van der Waals surface area contributed by atoms with Gasteiger partial charge in [0.2, 0.25) is 5.91 Å². The number of likely N-dealkylation sites (tertiary alicyclic amines) is 1. The van der Waals surface area contributed by atoms with Crippen molar-refractivity contribution in [3.8, 4) is 0 Å². The minimum absolute atomic E-state index is 0.0618. The van der Waals surface area contributed by atoms with E-state index in [4.69, 9.17) is 4.74 Å². The second kappa shape index (κ2) is 6.76. The van der Waals surface area contributed by atoms with Crippen molar-refractivity contribution in [2.24, 2.45) is 0 Å². The largest absolute Gasteiger partial charge is 0.468 e. The van der Waals surface area contributed by atoms with Gasteiger partial charge >= 0.3 is 5.97 Å². The standard InChI is InChI=1S/C15H22N2O4S/c1-8-9(2)14(22-10(8)3)16-13(19)7-17-6-11(18)5-12(17)15(20)21-4/h11-12,18H,5-7H2,1-4H3,(H,16,19)/t11-,12+/m1/s1. The molecule has 0 spiro atoms. The number of carbonyl (C=O) groups excluding carboxylic acids is 2. The fourth-order valence-electron chi connectivity index (χ4n) is 2.65. The molecule has 0 radical (unpaired) electrons. The van der Waals surface area contributed by atoms with Gasteiger partial charge in [0.1, 0.15) is 6.04 Å². The number of methoxy groups -OCH3 is 1. The van der Waals surface area contributed by atoms with Gasteiger partial charge in [0.05, 0.1) is 24.8 Å². The summed E-state index contributed by atoms with van der Waals surface area (Å²) in [6, 6.07) is -0.557. The minimum Gasteiger partial charge on any atom is -0.468 e. The Morgan fingerprint density at radius 1 is 1.36 bits per heavy atom. The number of thiophene rings is 1. The second-order valence-corrected chi connectivity index (χ2v) is 6.87. The zero-order chi connectivity index (χ0) is 16.4. The zero-order valence-corrected chi connectivity index (χ0v) is 14.1. The SMILES string of the molecule is COC(=O)[C@@H]1C[C@@H](O)CN1CC(=O)Nc1sc(C)c(C)c1C. The van der Waals surface area contributed by atoms with Crippen LogP contribution in [-0.4, -0.2) is 54.2 Å². The molecule has 2 atom stereocenters. The second-order valence-electron chi connectivity index (χ2n) is 5.64. The number of hydrogen-bond acceptors (Lipinski definition) is 6. The number of hydrogen-bond donors (Lipinski definition) is 2. The third-order valence-corrected chi connectivity index (χ3v) is 5.37. The molecule has 1 aromatic heterocycles. The number of rotatable bonds is 4. The van der Waals surface area contributed by atoms with Crippen LogP contribution in [-0.2, 0) is 14.3 Å². The molecule has 0 aromatic carbocycles. The van der Waals surface area contributed by atoms with E-state index in [0.717, 1.165) is 10.6 Å². The highest BCUT2D eigenvalue weighted by atomic mass is 32.1. The lowest BCUT2D eigenvalue weighted by atomic mass is 10.2. The van der Waals surface area contributed by atoms with Crippen molar-refractivity contribution < 1.29 is 19.4 Å². The Kier molecular flexibility index (Phi) is 5.20. The predicted octanol–water partition coefficient (Wildman–Crippen LogP) is 1.22. The summed E-state index contributed by atoms with van der Waals surface area (Å²) in [6.07, 6.45) is -0.305. The van der Waals surface area contributed by atoms with Gasteiger partial charge in [0.25, 0.3) is 0 Å². The van der Waals surface area contributed by atoms with Crippen LogP contribution in [0.1, 0.15) is 22.4 Å². The summed E-state index contributed by atoms with van der Waals surface area (Å²) < 4.78 is 4.73. The number of esters is 1. The molecule has 2 heterocycles. The van der Waals surface area contributed by atoms with Gasteiger partial charge in [-0.1, -0.05) is 0 Å². The Balaban J connectivity index is 2.01. The molecule has 1 amide bonds. The summed E-state index contributed by atoms with van der Waals surface area (Å²) in [5.74, 6) is -0.601. The quantitative estimate of drug-likeness (QED) is 0.814. The molecule has 1 aliphatic rings. The molecular formula is C15H22N2O4S. The summed E-state index contributed by atoms with van der Waals surface area (Å²) in [6.45, 7) is 6.39. The Hall–Kier alpha value is -1.44. The van der Waals surface area contributed by atoms with Crippen LogP contribution >= 0.6 is 11.3 Å². The first-order valence-corrected chi connectivity index (χ1v) is 8.01. The van der Waals surface area contributed by atoms with Crippen molar-refractivity contribution in [2.75, 3.05) is 25.5 Å². The minimum atomic E-state index is -0.607. The van der Waals surface area contributed by atoms with Crippen LogP contribution in [0.15, 0.2) is 0 Å². The van der Waals surface area contributed by atoms with E-state index >= 15 is 0 Å². The van der Waals surface area contributed by atoms with Gasteiger partial charge in [-0.2, -0.15) is 0 Å². The van der Waals surface area contributed by atoms with Crippen LogP contribution in [0, 0.1) is 20.8 Å². The molecule has 0 saturated carbocycles. The van der Waals surface area contributed by atoms with Gasteiger partial charge in [-0.3, -0.25) is 14.5 Å². The fraction of sp³-hybridized carbons (Fsp3) is 0.600. The van der Waals surface area contributed by atoms with Gasteiger partial charge in [-0.25, -0.2) is 0 Å². The number of aryl methyl sites for hydroxylation is 1. The summed E-state index contributed by atoms with van der Waals surface area (Å²) in [4.78, 5) is 26.8. The molecule has 1 aromatic rings. The lowest BCUT2D eigenvalue weighted by Gasteiger charge is -2.21. The lowest BCUT2D eigenvalue weighted by Crippen LogP contribution is -2.41. The number of aliphatic hydroxyl groups excluding tert-OH is 1. The summed E-state index contributed by atoms with van der Waals surface area (Å²) in [7, 11) is 1.31. The maximum Gasteiger partial charge on any atom is 0.323 e. The molecule has 2 N–H and O–H groups in total. The molecule has 0 aliphatic carbocycles. The first-order chi connectivity index (χ1) is 10.3. The third-order valence-electron chi connectivity index (χ3n) is 4.14. The smallest absolute Gasteiger partial charge is 0.323 e. The van der Waals surface area contributed by atoms with Crippen molar-refractivity contribution in [2.45, 2.75) is 39.3 Å². The number of aliphatic hydroxyl groups is 1. The van der Waals surface area contributed by atoms with Crippen LogP contribution < -0.4 is 5.32 Å². The number of amides is 1. The zero-order valence-electron chi connectivity index (χ0n) is 13.3. The molecule has 1 fully saturated rings. The highest BCUT2D eigenvalue weighted by Gasteiger charge is 2.37. The van der Waals surface area contributed by atoms with Crippen molar-refractivity contribution in [1.29, 1.82) is 0 Å². The topological polar surface area (TPSA) is 78.9 Å². The number of carbonyl (C=O) groups is 2. The highest BCUT2D eigenvalue weighted by Crippen LogP contribution is 2.31. The molecule has 22 heavy (non-hydrogen) atoms. The summed E-state index contributed by atoms with van der Waals surface area (Å²) in [5, 5.41) is 13.5. The van der Waals surface area contributed by atoms with E-state index < -0.39 is 18.1 Å². The first kappa shape index (κ1) is 16.9. The molecule has 6 nitrogen and oxygen atoms in total. The fourth-order valence-corrected chi connectivity index (χ4v) is 3.73. The molecule has 0 unspecified atom stereocenters. The van der Waals surface area contributed by atoms with E-state index in [-0.39, 0.29) is 12.5 Å². The monoisotopic (exact) mass is 326 g/mol. The van der Waals surface area contributed by atoms with Gasteiger partial charge in [0.15, 0.2) is 0 Å². The average molecular weight is 326 g/mol. The normalized spacial score (nSPS) is 21.9. The highest BCUT2D eigenvalue weighted by molar-refractivity contribution is 7.16. The maximum atomic E-state index is 12.2. The van der Waals surface area contributed by atoms with E-state index in [1.54, 1.807) is 16.2 Å². The van der Waals surface area contributed by atoms with Crippen molar-refractivity contribution in [1.82, 2.24) is 4.90 Å². The van der Waals surface area contributed by atoms with Crippen LogP contribution in [0.5, 0.6) is 0 Å². The Labute approximate surface area is 134 Å². The molecule has 1 saturated heterocycles. The van der Waals surface area contributed by atoms with E-state index in [9.17, 15) is 14.7 Å². The van der Waals surface area contributed by atoms with Crippen molar-refractivity contribution >= 4 is 28.2 Å². The Morgan fingerprint density at radius 3 is 2.59 bits per heavy atom. The predicted molar refractivity (Wildman–Crippen MR) is 85.2 cm³/mol. The van der Waals surface area contributed by atoms with E-state index in [2.05, 4.69) is 5.32 Å². The van der Waals surface area contributed by atoms with Gasteiger partial charge in [0, 0.05) is 17.8 Å². The van der Waals surface area contributed by atoms with Gasteiger partial charge in [-0.15, -0.1) is 11.3 Å². The van der Waals surface area contributed by atoms with Crippen LogP contribution in [0.4, 0.5) is 5.00 Å². The van der Waals surface area contributed by atoms with Crippen molar-refractivity contribution in [3.63, 3.8) is 0 Å². The van der Waals surface area contributed by atoms with Gasteiger partial charge < -0.3 is 15.2 Å². The summed E-state index contributed by atoms with van der Waals surface area (Å²) in [5.41, 5.74) is 2.26. The Bertz CT molecular complexity index is 584. The average Bonchev–Trinajstić information content (AvgIpc) is 2.94. The molecule has 7 heteroatoms. The van der Waals surface area contributed by atoms with Crippen LogP contribution in [0.2, 0.25) is 0 Å². The summed E-state index contributed by atoms with van der Waals surface area (Å²) >= 11 is 1.55. The number of ether oxygens (including phenoxy) is 1. The molecule has 122 valence electrons. The van der Waals surface area contributed by atoms with Gasteiger partial charge in [-0.05, 0) is 31.9 Å². The molecule has 2 rings (SSSR count). The number of β-amino-alcohol motifs (C(OH)–C–C–N with tert-alkyl or cyclic N) is 1. The molecule has 1 aliphatic heterocycles. The van der Waals surface area contributed by atoms with Crippen molar-refractivity contribution in [3.05, 3.63) is 16.0 Å². The first-order valence-electron chi connectivity index (χ1n) is 7.19. The van der Waals surface area contributed by atoms with E-state index in [0.29, 0.717) is 13.0 Å². The Morgan fingerprint density at radius 2 is 2.05 bits per heavy atom. The van der Waals surface area contributed by atoms with Crippen LogP contribution in [0.25, 0.3) is 0 Å². The van der Waals surface area contributed by atoms with Crippen LogP contribution in [0.3, 0.4) is 0 Å². The van der Waals surface area contributed by atoms with E-state index in [1.807, 2.05) is 20.8 Å². The molecule has 0 bridgehead atoms. The maximum absolute atomic E-state index is 12.2. The van der Waals surface area contributed by atoms with E-state index in [1.165, 1.54) is 17.6 Å².